The van der Waals surface area contributed by atoms with Gasteiger partial charge in [-0.2, -0.15) is 0 Å². The van der Waals surface area contributed by atoms with Gasteiger partial charge in [-0.1, -0.05) is 0 Å². The van der Waals surface area contributed by atoms with Gasteiger partial charge in [-0.25, -0.2) is 4.79 Å². The molecule has 1 aliphatic rings. The minimum Gasteiger partial charge on any atom is -0.444 e. The zero-order valence-electron chi connectivity index (χ0n) is 13.9. The zero-order valence-corrected chi connectivity index (χ0v) is 13.9. The lowest BCUT2D eigenvalue weighted by Gasteiger charge is -2.34. The summed E-state index contributed by atoms with van der Waals surface area (Å²) in [4.78, 5) is 27.6. The molecular weight excluding hydrogens is 270 g/mol. The summed E-state index contributed by atoms with van der Waals surface area (Å²) in [6, 6.07) is 0.0832. The fraction of sp³-hybridized carbons (Fsp3) is 0.867. The number of amides is 2. The van der Waals surface area contributed by atoms with Crippen LogP contribution in [0.25, 0.3) is 0 Å². The molecule has 0 bridgehead atoms. The molecule has 0 saturated carbocycles. The number of carbonyl (C=O) groups is 2. The van der Waals surface area contributed by atoms with Gasteiger partial charge in [-0.05, 0) is 47.5 Å². The van der Waals surface area contributed by atoms with E-state index in [4.69, 9.17) is 10.5 Å². The Hall–Kier alpha value is -1.30. The Bertz CT molecular complexity index is 377. The van der Waals surface area contributed by atoms with Crippen molar-refractivity contribution < 1.29 is 14.3 Å². The topological polar surface area (TPSA) is 75.9 Å². The fourth-order valence-corrected chi connectivity index (χ4v) is 2.53. The molecule has 0 aromatic carbocycles. The van der Waals surface area contributed by atoms with Gasteiger partial charge >= 0.3 is 6.09 Å². The first-order valence-corrected chi connectivity index (χ1v) is 7.65. The van der Waals surface area contributed by atoms with E-state index >= 15 is 0 Å². The van der Waals surface area contributed by atoms with Crippen molar-refractivity contribution in [3.05, 3.63) is 0 Å². The lowest BCUT2D eigenvalue weighted by atomic mass is 10.1. The predicted molar refractivity (Wildman–Crippen MR) is 81.9 cm³/mol. The Morgan fingerprint density at radius 2 is 2.00 bits per heavy atom. The Kier molecular flexibility index (Phi) is 6.01. The smallest absolute Gasteiger partial charge is 0.410 e. The summed E-state index contributed by atoms with van der Waals surface area (Å²) in [6.07, 6.45) is 1.53. The van der Waals surface area contributed by atoms with Crippen molar-refractivity contribution in [3.63, 3.8) is 0 Å². The normalized spacial score (nSPS) is 19.0. The molecule has 0 radical (unpaired) electrons. The van der Waals surface area contributed by atoms with Crippen molar-refractivity contribution in [2.24, 2.45) is 5.73 Å². The fourth-order valence-electron chi connectivity index (χ4n) is 2.53. The molecule has 0 aromatic rings. The van der Waals surface area contributed by atoms with Crippen LogP contribution in [0.15, 0.2) is 0 Å². The van der Waals surface area contributed by atoms with Crippen LogP contribution >= 0.6 is 0 Å². The van der Waals surface area contributed by atoms with Gasteiger partial charge in [0.05, 0.1) is 12.6 Å². The van der Waals surface area contributed by atoms with Gasteiger partial charge in [0.25, 0.3) is 0 Å². The molecule has 122 valence electrons. The summed E-state index contributed by atoms with van der Waals surface area (Å²) in [7, 11) is 0. The Labute approximate surface area is 127 Å². The molecule has 1 fully saturated rings. The Morgan fingerprint density at radius 1 is 1.38 bits per heavy atom. The van der Waals surface area contributed by atoms with Crippen molar-refractivity contribution in [3.8, 4) is 0 Å². The molecule has 0 spiro atoms. The van der Waals surface area contributed by atoms with Crippen LogP contribution in [0.4, 0.5) is 4.79 Å². The summed E-state index contributed by atoms with van der Waals surface area (Å²) in [5.74, 6) is -0.0824. The molecular formula is C15H29N3O3. The first kappa shape index (κ1) is 17.8. The summed E-state index contributed by atoms with van der Waals surface area (Å²) in [5, 5.41) is 0. The van der Waals surface area contributed by atoms with Gasteiger partial charge < -0.3 is 20.3 Å². The third-order valence-corrected chi connectivity index (χ3v) is 3.53. The van der Waals surface area contributed by atoms with E-state index in [0.717, 1.165) is 12.8 Å². The van der Waals surface area contributed by atoms with Gasteiger partial charge in [-0.15, -0.1) is 0 Å². The SMILES string of the molecule is CC(C)N(CC1CCCN1C(=O)OC(C)(C)C)C(=O)CN. The minimum absolute atomic E-state index is 0.00264. The highest BCUT2D eigenvalue weighted by Gasteiger charge is 2.34. The van der Waals surface area contributed by atoms with Crippen LogP contribution < -0.4 is 5.73 Å². The molecule has 6 nitrogen and oxygen atoms in total. The molecule has 1 unspecified atom stereocenters. The molecule has 2 N–H and O–H groups in total. The van der Waals surface area contributed by atoms with Crippen LogP contribution in [0.2, 0.25) is 0 Å². The van der Waals surface area contributed by atoms with Crippen LogP contribution in [0.1, 0.15) is 47.5 Å². The first-order chi connectivity index (χ1) is 9.65. The van der Waals surface area contributed by atoms with Crippen molar-refractivity contribution in [1.29, 1.82) is 0 Å². The highest BCUT2D eigenvalue weighted by molar-refractivity contribution is 5.78. The standard InChI is InChI=1S/C15H29N3O3/c1-11(2)18(13(19)9-16)10-12-7-6-8-17(12)14(20)21-15(3,4)5/h11-12H,6-10,16H2,1-5H3. The van der Waals surface area contributed by atoms with Crippen molar-refractivity contribution in [1.82, 2.24) is 9.80 Å². The summed E-state index contributed by atoms with van der Waals surface area (Å²) in [5.41, 5.74) is 4.96. The maximum Gasteiger partial charge on any atom is 0.410 e. The number of nitrogens with zero attached hydrogens (tertiary/aromatic N) is 2. The van der Waals surface area contributed by atoms with Crippen LogP contribution in [-0.2, 0) is 9.53 Å². The maximum atomic E-state index is 12.2. The van der Waals surface area contributed by atoms with E-state index in [2.05, 4.69) is 0 Å². The number of ether oxygens (including phenoxy) is 1. The van der Waals surface area contributed by atoms with E-state index in [9.17, 15) is 9.59 Å². The molecule has 2 amide bonds. The first-order valence-electron chi connectivity index (χ1n) is 7.65. The second kappa shape index (κ2) is 7.11. The number of hydrogen-bond acceptors (Lipinski definition) is 4. The number of carbonyl (C=O) groups excluding carboxylic acids is 2. The highest BCUT2D eigenvalue weighted by Crippen LogP contribution is 2.22. The molecule has 21 heavy (non-hydrogen) atoms. The molecule has 1 saturated heterocycles. The Balaban J connectivity index is 2.72. The Morgan fingerprint density at radius 3 is 2.48 bits per heavy atom. The summed E-state index contributed by atoms with van der Waals surface area (Å²) in [6.45, 7) is 10.7. The maximum absolute atomic E-state index is 12.2. The van der Waals surface area contributed by atoms with Gasteiger partial charge in [0, 0.05) is 19.1 Å². The van der Waals surface area contributed by atoms with Gasteiger partial charge in [0.2, 0.25) is 5.91 Å². The van der Waals surface area contributed by atoms with E-state index < -0.39 is 5.60 Å². The molecule has 0 aliphatic carbocycles. The van der Waals surface area contributed by atoms with Gasteiger partial charge in [0.15, 0.2) is 0 Å². The van der Waals surface area contributed by atoms with Gasteiger partial charge in [0.1, 0.15) is 5.60 Å². The average Bonchev–Trinajstić information content (AvgIpc) is 2.80. The van der Waals surface area contributed by atoms with E-state index in [1.165, 1.54) is 0 Å². The predicted octanol–water partition coefficient (Wildman–Crippen LogP) is 1.58. The number of likely N-dealkylation sites (tertiary alicyclic amines) is 1. The molecule has 1 rings (SSSR count). The molecule has 0 aromatic heterocycles. The largest absolute Gasteiger partial charge is 0.444 e. The number of rotatable bonds is 4. The molecule has 1 atom stereocenters. The lowest BCUT2D eigenvalue weighted by Crippen LogP contribution is -2.50. The van der Waals surface area contributed by atoms with E-state index in [1.807, 2.05) is 34.6 Å². The van der Waals surface area contributed by atoms with E-state index in [0.29, 0.717) is 13.1 Å². The van der Waals surface area contributed by atoms with Crippen molar-refractivity contribution in [2.75, 3.05) is 19.6 Å². The minimum atomic E-state index is -0.505. The molecule has 1 heterocycles. The zero-order chi connectivity index (χ0) is 16.2. The van der Waals surface area contributed by atoms with Gasteiger partial charge in [-0.3, -0.25) is 4.79 Å². The second-order valence-corrected chi connectivity index (χ2v) is 6.81. The third-order valence-electron chi connectivity index (χ3n) is 3.53. The van der Waals surface area contributed by atoms with Crippen LogP contribution in [0.3, 0.4) is 0 Å². The quantitative estimate of drug-likeness (QED) is 0.855. The van der Waals surface area contributed by atoms with E-state index in [1.54, 1.807) is 9.80 Å². The lowest BCUT2D eigenvalue weighted by molar-refractivity contribution is -0.132. The van der Waals surface area contributed by atoms with Crippen LogP contribution in [0, 0.1) is 0 Å². The van der Waals surface area contributed by atoms with Crippen LogP contribution in [0.5, 0.6) is 0 Å². The monoisotopic (exact) mass is 299 g/mol. The van der Waals surface area contributed by atoms with Crippen LogP contribution in [-0.4, -0.2) is 59.1 Å². The van der Waals surface area contributed by atoms with E-state index in [-0.39, 0.29) is 30.6 Å². The second-order valence-electron chi connectivity index (χ2n) is 6.81. The third kappa shape index (κ3) is 5.19. The van der Waals surface area contributed by atoms with Crippen molar-refractivity contribution in [2.45, 2.75) is 65.1 Å². The average molecular weight is 299 g/mol. The summed E-state index contributed by atoms with van der Waals surface area (Å²) >= 11 is 0. The molecule has 1 aliphatic heterocycles. The number of hydrogen-bond donors (Lipinski definition) is 1. The number of nitrogens with two attached hydrogens (primary N) is 1. The highest BCUT2D eigenvalue weighted by atomic mass is 16.6. The van der Waals surface area contributed by atoms with Crippen molar-refractivity contribution >= 4 is 12.0 Å². The molecule has 6 heteroatoms. The summed E-state index contributed by atoms with van der Waals surface area (Å²) < 4.78 is 5.44.